The van der Waals surface area contributed by atoms with E-state index in [1.807, 2.05) is 18.2 Å². The Labute approximate surface area is 211 Å². The number of anilines is 1. The van der Waals surface area contributed by atoms with Gasteiger partial charge in [-0.2, -0.15) is 0 Å². The summed E-state index contributed by atoms with van der Waals surface area (Å²) < 4.78 is 11.2. The first-order chi connectivity index (χ1) is 16.4. The maximum absolute atomic E-state index is 13.2. The van der Waals surface area contributed by atoms with Crippen molar-refractivity contribution in [3.05, 3.63) is 80.6 Å². The van der Waals surface area contributed by atoms with Crippen molar-refractivity contribution in [1.29, 1.82) is 0 Å². The summed E-state index contributed by atoms with van der Waals surface area (Å²) in [7, 11) is 1.51. The highest BCUT2D eigenvalue weighted by molar-refractivity contribution is 6.39. The summed E-state index contributed by atoms with van der Waals surface area (Å²) in [5, 5.41) is 6.60. The van der Waals surface area contributed by atoms with Gasteiger partial charge in [-0.15, -0.1) is 0 Å². The van der Waals surface area contributed by atoms with Crippen molar-refractivity contribution >= 4 is 52.3 Å². The molecule has 0 saturated carbocycles. The minimum absolute atomic E-state index is 0.113. The zero-order valence-electron chi connectivity index (χ0n) is 18.0. The highest BCUT2D eigenvalue weighted by atomic mass is 35.5. The van der Waals surface area contributed by atoms with Crippen molar-refractivity contribution < 1.29 is 19.1 Å². The average Bonchev–Trinajstić information content (AvgIpc) is 3.24. The van der Waals surface area contributed by atoms with Gasteiger partial charge in [0.25, 0.3) is 5.91 Å². The van der Waals surface area contributed by atoms with Gasteiger partial charge in [0.1, 0.15) is 0 Å². The van der Waals surface area contributed by atoms with Crippen molar-refractivity contribution in [1.82, 2.24) is 10.3 Å². The number of hydrogen-bond donors (Lipinski definition) is 2. The van der Waals surface area contributed by atoms with E-state index < -0.39 is 5.91 Å². The number of nitrogens with one attached hydrogen (secondary N) is 2. The van der Waals surface area contributed by atoms with E-state index in [0.717, 1.165) is 5.56 Å². The lowest BCUT2D eigenvalue weighted by molar-refractivity contribution is -0.121. The van der Waals surface area contributed by atoms with Crippen LogP contribution in [0.5, 0.6) is 11.5 Å². The minimum Gasteiger partial charge on any atom is -0.493 e. The van der Waals surface area contributed by atoms with Crippen LogP contribution in [0.4, 0.5) is 5.69 Å². The third-order valence-corrected chi connectivity index (χ3v) is 6.36. The van der Waals surface area contributed by atoms with Crippen LogP contribution in [0.2, 0.25) is 15.1 Å². The molecule has 4 rings (SSSR count). The molecule has 1 atom stereocenters. The third kappa shape index (κ3) is 5.06. The first-order valence-electron chi connectivity index (χ1n) is 10.3. The summed E-state index contributed by atoms with van der Waals surface area (Å²) in [6, 6.07) is 10.6. The standard InChI is InChI=1S/C24H20Cl3N3O4/c1-33-19-7-6-15(24(32)30-22-17(26)10-28-11-18(22)27)21-14(12-34-23(19)21)8-20(31)29-9-13-4-2-3-5-16(13)25/h2-7,10-11,14H,8-9,12H2,1H3,(H,29,31)(H,28,30,32). The number of fused-ring (bicyclic) bond motifs is 1. The fraction of sp³-hybridized carbons (Fsp3) is 0.208. The number of nitrogens with zero attached hydrogens (tertiary/aromatic N) is 1. The van der Waals surface area contributed by atoms with E-state index in [9.17, 15) is 9.59 Å². The second-order valence-electron chi connectivity index (χ2n) is 7.57. The number of carbonyl (C=O) groups is 2. The molecule has 176 valence electrons. The largest absolute Gasteiger partial charge is 0.493 e. The molecule has 1 aromatic heterocycles. The number of methoxy groups -OCH3 is 1. The van der Waals surface area contributed by atoms with Gasteiger partial charge in [0.2, 0.25) is 5.91 Å². The summed E-state index contributed by atoms with van der Waals surface area (Å²) >= 11 is 18.5. The molecule has 10 heteroatoms. The molecular formula is C24H20Cl3N3O4. The van der Waals surface area contributed by atoms with Crippen LogP contribution < -0.4 is 20.1 Å². The van der Waals surface area contributed by atoms with Gasteiger partial charge in [0, 0.05) is 47.4 Å². The van der Waals surface area contributed by atoms with Crippen molar-refractivity contribution in [2.75, 3.05) is 19.0 Å². The van der Waals surface area contributed by atoms with Crippen molar-refractivity contribution in [3.63, 3.8) is 0 Å². The highest BCUT2D eigenvalue weighted by Crippen LogP contribution is 2.45. The molecule has 0 fully saturated rings. The predicted octanol–water partition coefficient (Wildman–Crippen LogP) is 5.49. The second kappa shape index (κ2) is 10.5. The smallest absolute Gasteiger partial charge is 0.256 e. The second-order valence-corrected chi connectivity index (χ2v) is 8.79. The van der Waals surface area contributed by atoms with E-state index in [-0.39, 0.29) is 40.6 Å². The molecule has 0 radical (unpaired) electrons. The molecule has 0 spiro atoms. The lowest BCUT2D eigenvalue weighted by Gasteiger charge is -2.16. The molecule has 1 aliphatic rings. The van der Waals surface area contributed by atoms with Crippen LogP contribution in [-0.4, -0.2) is 30.5 Å². The summed E-state index contributed by atoms with van der Waals surface area (Å²) in [6.45, 7) is 0.524. The van der Waals surface area contributed by atoms with Gasteiger partial charge in [-0.3, -0.25) is 14.6 Å². The third-order valence-electron chi connectivity index (χ3n) is 5.42. The number of pyridine rings is 1. The first-order valence-corrected chi connectivity index (χ1v) is 11.5. The van der Waals surface area contributed by atoms with E-state index >= 15 is 0 Å². The van der Waals surface area contributed by atoms with Crippen molar-refractivity contribution in [2.24, 2.45) is 0 Å². The van der Waals surface area contributed by atoms with Crippen LogP contribution in [0.3, 0.4) is 0 Å². The van der Waals surface area contributed by atoms with Crippen molar-refractivity contribution in [3.8, 4) is 11.5 Å². The molecule has 1 unspecified atom stereocenters. The van der Waals surface area contributed by atoms with E-state index in [0.29, 0.717) is 34.2 Å². The SMILES string of the molecule is COc1ccc(C(=O)Nc2c(Cl)cncc2Cl)c2c1OCC2CC(=O)NCc1ccccc1Cl. The van der Waals surface area contributed by atoms with Gasteiger partial charge in [-0.25, -0.2) is 0 Å². The Morgan fingerprint density at radius 2 is 1.82 bits per heavy atom. The molecule has 2 heterocycles. The molecule has 0 aliphatic carbocycles. The number of amides is 2. The molecule has 3 aromatic rings. The van der Waals surface area contributed by atoms with Gasteiger partial charge < -0.3 is 20.1 Å². The van der Waals surface area contributed by atoms with E-state index in [1.54, 1.807) is 18.2 Å². The van der Waals surface area contributed by atoms with Crippen LogP contribution in [0.1, 0.15) is 33.8 Å². The molecule has 2 amide bonds. The fourth-order valence-electron chi connectivity index (χ4n) is 3.76. The molecule has 2 N–H and O–H groups in total. The Hall–Kier alpha value is -3.00. The Morgan fingerprint density at radius 3 is 2.53 bits per heavy atom. The lowest BCUT2D eigenvalue weighted by atomic mass is 9.92. The van der Waals surface area contributed by atoms with Crippen LogP contribution in [0.25, 0.3) is 0 Å². The number of rotatable bonds is 7. The Morgan fingerprint density at radius 1 is 1.09 bits per heavy atom. The summed E-state index contributed by atoms with van der Waals surface area (Å²) in [4.78, 5) is 29.8. The fourth-order valence-corrected chi connectivity index (χ4v) is 4.43. The predicted molar refractivity (Wildman–Crippen MR) is 131 cm³/mol. The number of ether oxygens (including phenoxy) is 2. The van der Waals surface area contributed by atoms with Crippen molar-refractivity contribution in [2.45, 2.75) is 18.9 Å². The Kier molecular flexibility index (Phi) is 7.46. The lowest BCUT2D eigenvalue weighted by Crippen LogP contribution is -2.25. The van der Waals surface area contributed by atoms with E-state index in [4.69, 9.17) is 44.3 Å². The molecular weight excluding hydrogens is 501 g/mol. The summed E-state index contributed by atoms with van der Waals surface area (Å²) in [5.74, 6) is -0.0893. The summed E-state index contributed by atoms with van der Waals surface area (Å²) in [5.41, 5.74) is 1.99. The van der Waals surface area contributed by atoms with E-state index in [1.165, 1.54) is 19.5 Å². The molecule has 7 nitrogen and oxygen atoms in total. The van der Waals surface area contributed by atoms with Gasteiger partial charge in [0.15, 0.2) is 11.5 Å². The zero-order chi connectivity index (χ0) is 24.2. The summed E-state index contributed by atoms with van der Waals surface area (Å²) in [6.07, 6.45) is 2.88. The van der Waals surface area contributed by atoms with Crippen LogP contribution >= 0.6 is 34.8 Å². The zero-order valence-corrected chi connectivity index (χ0v) is 20.3. The maximum Gasteiger partial charge on any atom is 0.256 e. The molecule has 1 aliphatic heterocycles. The van der Waals surface area contributed by atoms with Crippen LogP contribution in [0.15, 0.2) is 48.8 Å². The monoisotopic (exact) mass is 519 g/mol. The minimum atomic E-state index is -0.444. The topological polar surface area (TPSA) is 89.6 Å². The van der Waals surface area contributed by atoms with Gasteiger partial charge in [-0.05, 0) is 23.8 Å². The average molecular weight is 521 g/mol. The number of aromatic nitrogens is 1. The molecule has 0 bridgehead atoms. The Bertz CT molecular complexity index is 1230. The first kappa shape index (κ1) is 24.1. The van der Waals surface area contributed by atoms with Gasteiger partial charge in [-0.1, -0.05) is 53.0 Å². The number of carbonyl (C=O) groups excluding carboxylic acids is 2. The quantitative estimate of drug-likeness (QED) is 0.430. The molecule has 0 saturated heterocycles. The Balaban J connectivity index is 1.56. The van der Waals surface area contributed by atoms with E-state index in [2.05, 4.69) is 15.6 Å². The number of halogens is 3. The highest BCUT2D eigenvalue weighted by Gasteiger charge is 2.34. The van der Waals surface area contributed by atoms with Gasteiger partial charge >= 0.3 is 0 Å². The van der Waals surface area contributed by atoms with Crippen LogP contribution in [0, 0.1) is 0 Å². The number of benzene rings is 2. The maximum atomic E-state index is 13.2. The molecule has 34 heavy (non-hydrogen) atoms. The number of hydrogen-bond acceptors (Lipinski definition) is 5. The van der Waals surface area contributed by atoms with Crippen LogP contribution in [-0.2, 0) is 11.3 Å². The normalized spacial score (nSPS) is 14.2. The molecule has 2 aromatic carbocycles. The van der Waals surface area contributed by atoms with Gasteiger partial charge in [0.05, 0.1) is 29.4 Å².